The molecule has 0 aliphatic carbocycles. The number of carbonyl (C=O) groups excluding carboxylic acids is 1. The van der Waals surface area contributed by atoms with Crippen molar-refractivity contribution in [2.75, 3.05) is 4.90 Å². The number of aromatic nitrogens is 3. The smallest absolute Gasteiger partial charge is 0.274 e. The van der Waals surface area contributed by atoms with Gasteiger partial charge >= 0.3 is 6.18 Å². The number of rotatable bonds is 2. The Morgan fingerprint density at radius 3 is 2.56 bits per heavy atom. The van der Waals surface area contributed by atoms with Crippen LogP contribution in [0.4, 0.5) is 33.6 Å². The van der Waals surface area contributed by atoms with Crippen molar-refractivity contribution < 1.29 is 26.7 Å². The van der Waals surface area contributed by atoms with Crippen LogP contribution in [0.3, 0.4) is 0 Å². The summed E-state index contributed by atoms with van der Waals surface area (Å²) in [5, 5.41) is 3.89. The molecule has 0 atom stereocenters. The fraction of sp³-hybridized carbons (Fsp3) is 0.188. The minimum atomic E-state index is -5.10. The van der Waals surface area contributed by atoms with Gasteiger partial charge in [0, 0.05) is 5.56 Å². The molecule has 0 bridgehead atoms. The number of alkyl halides is 5. The second kappa shape index (κ2) is 5.88. The third-order valence-corrected chi connectivity index (χ3v) is 4.41. The van der Waals surface area contributed by atoms with Crippen molar-refractivity contribution in [3.63, 3.8) is 0 Å². The number of anilines is 2. The summed E-state index contributed by atoms with van der Waals surface area (Å²) in [6.07, 6.45) is -8.48. The second-order valence-corrected chi connectivity index (χ2v) is 6.18. The molecule has 0 saturated heterocycles. The number of fused-ring (bicyclic) bond motifs is 2. The number of hydrogen-bond donors (Lipinski definition) is 0. The lowest BCUT2D eigenvalue weighted by atomic mass is 10.2. The molecular weight excluding hydrogens is 395 g/mol. The van der Waals surface area contributed by atoms with E-state index in [9.17, 15) is 26.7 Å². The predicted molar refractivity (Wildman–Crippen MR) is 85.2 cm³/mol. The third-order valence-electron chi connectivity index (χ3n) is 4.11. The molecule has 1 aliphatic rings. The van der Waals surface area contributed by atoms with Gasteiger partial charge in [0.2, 0.25) is 5.91 Å². The van der Waals surface area contributed by atoms with Gasteiger partial charge < -0.3 is 0 Å². The third kappa shape index (κ3) is 2.71. The number of pyridine rings is 1. The standard InChI is InChI=1S/C16H8ClF5N4O/c17-9-3-1-2-7-6-11(27)25(12(7)9)15-23-10-5-4-8(14(18)19)13(16(20,21)22)26(10)24-15/h1-5,14H,6H2. The van der Waals surface area contributed by atoms with Crippen LogP contribution in [0.25, 0.3) is 5.65 Å². The largest absolute Gasteiger partial charge is 0.433 e. The SMILES string of the molecule is O=C1Cc2cccc(Cl)c2N1c1nc2ccc(C(F)F)c(C(F)(F)F)n2n1. The lowest BCUT2D eigenvalue weighted by molar-refractivity contribution is -0.144. The van der Waals surface area contributed by atoms with Gasteiger partial charge in [0.05, 0.1) is 17.1 Å². The first-order valence-electron chi connectivity index (χ1n) is 7.54. The number of nitrogens with zero attached hydrogens (tertiary/aromatic N) is 4. The topological polar surface area (TPSA) is 50.5 Å². The summed E-state index contributed by atoms with van der Waals surface area (Å²) in [5.74, 6) is -0.861. The van der Waals surface area contributed by atoms with Gasteiger partial charge in [-0.25, -0.2) is 18.2 Å². The molecule has 0 saturated carbocycles. The fourth-order valence-electron chi connectivity index (χ4n) is 3.04. The van der Waals surface area contributed by atoms with E-state index in [1.165, 1.54) is 6.07 Å². The molecule has 11 heteroatoms. The molecule has 2 aromatic heterocycles. The highest BCUT2D eigenvalue weighted by Crippen LogP contribution is 2.41. The number of para-hydroxylation sites is 1. The van der Waals surface area contributed by atoms with Crippen LogP contribution in [-0.4, -0.2) is 20.5 Å². The van der Waals surface area contributed by atoms with Gasteiger partial charge in [-0.3, -0.25) is 4.79 Å². The van der Waals surface area contributed by atoms with Gasteiger partial charge in [0.1, 0.15) is 0 Å². The van der Waals surface area contributed by atoms with Crippen molar-refractivity contribution in [1.82, 2.24) is 14.6 Å². The Morgan fingerprint density at radius 1 is 1.15 bits per heavy atom. The number of amides is 1. The van der Waals surface area contributed by atoms with Gasteiger partial charge in [-0.15, -0.1) is 5.10 Å². The molecule has 0 fully saturated rings. The van der Waals surface area contributed by atoms with E-state index in [4.69, 9.17) is 11.6 Å². The fourth-order valence-corrected chi connectivity index (χ4v) is 3.32. The molecule has 3 heterocycles. The van der Waals surface area contributed by atoms with Crippen LogP contribution in [0.1, 0.15) is 23.2 Å². The van der Waals surface area contributed by atoms with E-state index in [2.05, 4.69) is 10.1 Å². The second-order valence-electron chi connectivity index (χ2n) is 5.77. The molecule has 1 aliphatic heterocycles. The Bertz CT molecular complexity index is 1080. The van der Waals surface area contributed by atoms with Gasteiger partial charge in [-0.1, -0.05) is 23.7 Å². The number of halogens is 6. The van der Waals surface area contributed by atoms with Crippen molar-refractivity contribution in [2.24, 2.45) is 0 Å². The summed E-state index contributed by atoms with van der Waals surface area (Å²) < 4.78 is 66.5. The number of benzene rings is 1. The van der Waals surface area contributed by atoms with Crippen LogP contribution in [0, 0.1) is 0 Å². The molecule has 3 aromatic rings. The first kappa shape index (κ1) is 17.7. The van der Waals surface area contributed by atoms with Crippen LogP contribution < -0.4 is 4.90 Å². The molecule has 1 amide bonds. The zero-order valence-electron chi connectivity index (χ0n) is 13.1. The summed E-state index contributed by atoms with van der Waals surface area (Å²) in [4.78, 5) is 17.3. The van der Waals surface area contributed by atoms with Crippen LogP contribution in [0.5, 0.6) is 0 Å². The van der Waals surface area contributed by atoms with E-state index in [1.54, 1.807) is 12.1 Å². The molecule has 5 nitrogen and oxygen atoms in total. The average Bonchev–Trinajstić information content (AvgIpc) is 3.12. The number of hydrogen-bond acceptors (Lipinski definition) is 3. The van der Waals surface area contributed by atoms with Gasteiger partial charge in [0.25, 0.3) is 12.4 Å². The van der Waals surface area contributed by atoms with Crippen LogP contribution in [-0.2, 0) is 17.4 Å². The first-order chi connectivity index (χ1) is 12.7. The zero-order chi connectivity index (χ0) is 19.5. The molecule has 4 rings (SSSR count). The van der Waals surface area contributed by atoms with Gasteiger partial charge in [-0.2, -0.15) is 18.2 Å². The highest BCUT2D eigenvalue weighted by molar-refractivity contribution is 6.35. The Labute approximate surface area is 153 Å². The maximum atomic E-state index is 13.4. The van der Waals surface area contributed by atoms with Crippen molar-refractivity contribution >= 4 is 34.8 Å². The molecular formula is C16H8ClF5N4O. The highest BCUT2D eigenvalue weighted by Gasteiger charge is 2.40. The van der Waals surface area contributed by atoms with E-state index >= 15 is 0 Å². The molecule has 1 aromatic carbocycles. The summed E-state index contributed by atoms with van der Waals surface area (Å²) >= 11 is 6.11. The monoisotopic (exact) mass is 402 g/mol. The summed E-state index contributed by atoms with van der Waals surface area (Å²) in [6, 6.07) is 6.42. The van der Waals surface area contributed by atoms with E-state index < -0.39 is 29.8 Å². The van der Waals surface area contributed by atoms with Crippen molar-refractivity contribution in [2.45, 2.75) is 19.0 Å². The first-order valence-corrected chi connectivity index (χ1v) is 7.91. The van der Waals surface area contributed by atoms with Crippen LogP contribution in [0.15, 0.2) is 30.3 Å². The van der Waals surface area contributed by atoms with Gasteiger partial charge in [0.15, 0.2) is 11.3 Å². The van der Waals surface area contributed by atoms with Crippen LogP contribution >= 0.6 is 11.6 Å². The van der Waals surface area contributed by atoms with E-state index in [0.29, 0.717) is 11.6 Å². The van der Waals surface area contributed by atoms with E-state index in [1.807, 2.05) is 0 Å². The molecule has 0 N–H and O–H groups in total. The molecule has 0 spiro atoms. The van der Waals surface area contributed by atoms with E-state index in [0.717, 1.165) is 11.0 Å². The quantitative estimate of drug-likeness (QED) is 0.590. The molecule has 0 unspecified atom stereocenters. The highest BCUT2D eigenvalue weighted by atomic mass is 35.5. The maximum Gasteiger partial charge on any atom is 0.433 e. The number of carbonyl (C=O) groups is 1. The lowest BCUT2D eigenvalue weighted by Crippen LogP contribution is -2.22. The molecule has 140 valence electrons. The Balaban J connectivity index is 1.95. The Kier molecular flexibility index (Phi) is 3.84. The maximum absolute atomic E-state index is 13.4. The minimum Gasteiger partial charge on any atom is -0.274 e. The summed E-state index contributed by atoms with van der Waals surface area (Å²) in [7, 11) is 0. The Hall–Kier alpha value is -2.75. The Morgan fingerprint density at radius 2 is 1.89 bits per heavy atom. The van der Waals surface area contributed by atoms with Crippen molar-refractivity contribution in [3.8, 4) is 0 Å². The van der Waals surface area contributed by atoms with Crippen molar-refractivity contribution in [3.05, 3.63) is 52.2 Å². The zero-order valence-corrected chi connectivity index (χ0v) is 13.9. The van der Waals surface area contributed by atoms with Gasteiger partial charge in [-0.05, 0) is 23.8 Å². The summed E-state index contributed by atoms with van der Waals surface area (Å²) in [5.41, 5.74) is -2.36. The predicted octanol–water partition coefficient (Wildman–Crippen LogP) is 4.56. The van der Waals surface area contributed by atoms with Crippen molar-refractivity contribution in [1.29, 1.82) is 0 Å². The minimum absolute atomic E-state index is 0.0279. The molecule has 27 heavy (non-hydrogen) atoms. The van der Waals surface area contributed by atoms with Crippen LogP contribution in [0.2, 0.25) is 5.02 Å². The average molecular weight is 403 g/mol. The molecule has 0 radical (unpaired) electrons. The lowest BCUT2D eigenvalue weighted by Gasteiger charge is -2.14. The summed E-state index contributed by atoms with van der Waals surface area (Å²) in [6.45, 7) is 0. The normalized spacial score (nSPS) is 14.5. The van der Waals surface area contributed by atoms with E-state index in [-0.39, 0.29) is 33.2 Å².